The van der Waals surface area contributed by atoms with Crippen molar-refractivity contribution in [2.75, 3.05) is 0 Å². The number of aromatic nitrogens is 1. The van der Waals surface area contributed by atoms with Crippen molar-refractivity contribution >= 4 is 39.7 Å². The molecule has 1 aromatic heterocycles. The molecule has 1 heterocycles. The van der Waals surface area contributed by atoms with Gasteiger partial charge in [-0.25, -0.2) is 5.43 Å². The molecule has 0 aliphatic carbocycles. The second-order valence-corrected chi connectivity index (χ2v) is 7.59. The third-order valence-electron chi connectivity index (χ3n) is 4.21. The molecule has 1 N–H and O–H groups in total. The number of benzene rings is 2. The minimum absolute atomic E-state index is 0.155. The average Bonchev–Trinajstić information content (AvgIpc) is 2.91. The summed E-state index contributed by atoms with van der Waals surface area (Å²) in [5.41, 5.74) is 7.56. The molecule has 0 aliphatic heterocycles. The number of aryl methyl sites for hydroxylation is 1. The Hall–Kier alpha value is -2.37. The fourth-order valence-electron chi connectivity index (χ4n) is 2.93. The topological polar surface area (TPSA) is 46.4 Å². The summed E-state index contributed by atoms with van der Waals surface area (Å²) in [7, 11) is 0. The van der Waals surface area contributed by atoms with Gasteiger partial charge in [-0.1, -0.05) is 45.7 Å². The molecule has 27 heavy (non-hydrogen) atoms. The van der Waals surface area contributed by atoms with E-state index in [-0.39, 0.29) is 12.3 Å². The van der Waals surface area contributed by atoms with Gasteiger partial charge in [-0.2, -0.15) is 5.10 Å². The molecular formula is C21H19BrClN3O. The Morgan fingerprint density at radius 1 is 1.19 bits per heavy atom. The number of hydrogen-bond donors (Lipinski definition) is 1. The summed E-state index contributed by atoms with van der Waals surface area (Å²) in [6.07, 6.45) is 1.95. The van der Waals surface area contributed by atoms with Gasteiger partial charge in [-0.05, 0) is 55.8 Å². The third-order valence-corrected chi connectivity index (χ3v) is 4.97. The lowest BCUT2D eigenvalue weighted by Crippen LogP contribution is -2.19. The van der Waals surface area contributed by atoms with Gasteiger partial charge in [0.15, 0.2) is 0 Å². The van der Waals surface area contributed by atoms with Crippen molar-refractivity contribution in [2.45, 2.75) is 20.3 Å². The molecule has 0 fully saturated rings. The molecule has 0 aliphatic rings. The maximum atomic E-state index is 12.0. The van der Waals surface area contributed by atoms with Gasteiger partial charge in [0.25, 0.3) is 0 Å². The summed E-state index contributed by atoms with van der Waals surface area (Å²) in [6, 6.07) is 17.4. The quantitative estimate of drug-likeness (QED) is 0.426. The van der Waals surface area contributed by atoms with Crippen LogP contribution in [-0.4, -0.2) is 16.7 Å². The minimum atomic E-state index is -0.155. The predicted octanol–water partition coefficient (Wildman–Crippen LogP) is 5.20. The SMILES string of the molecule is Cc1cc(/C=N/NC(=O)Cc2ccc(Br)cc2)c(C)n1-c1cccc(Cl)c1. The molecule has 0 saturated carbocycles. The largest absolute Gasteiger partial charge is 0.318 e. The van der Waals surface area contributed by atoms with Gasteiger partial charge in [0, 0.05) is 32.1 Å². The first-order valence-electron chi connectivity index (χ1n) is 8.45. The van der Waals surface area contributed by atoms with Crippen LogP contribution in [0.25, 0.3) is 5.69 Å². The van der Waals surface area contributed by atoms with Crippen molar-refractivity contribution in [1.29, 1.82) is 0 Å². The van der Waals surface area contributed by atoms with Crippen LogP contribution in [0.3, 0.4) is 0 Å². The van der Waals surface area contributed by atoms with E-state index >= 15 is 0 Å². The molecule has 3 rings (SSSR count). The van der Waals surface area contributed by atoms with Crippen molar-refractivity contribution in [3.63, 3.8) is 0 Å². The molecule has 0 atom stereocenters. The van der Waals surface area contributed by atoms with Gasteiger partial charge >= 0.3 is 0 Å². The van der Waals surface area contributed by atoms with Gasteiger partial charge in [-0.3, -0.25) is 4.79 Å². The fraction of sp³-hybridized carbons (Fsp3) is 0.143. The van der Waals surface area contributed by atoms with E-state index < -0.39 is 0 Å². The molecule has 2 aromatic carbocycles. The second kappa shape index (κ2) is 8.55. The van der Waals surface area contributed by atoms with E-state index in [0.29, 0.717) is 5.02 Å². The summed E-state index contributed by atoms with van der Waals surface area (Å²) in [4.78, 5) is 12.0. The monoisotopic (exact) mass is 443 g/mol. The molecule has 1 amide bonds. The number of nitrogens with zero attached hydrogens (tertiary/aromatic N) is 2. The fourth-order valence-corrected chi connectivity index (χ4v) is 3.38. The van der Waals surface area contributed by atoms with Crippen molar-refractivity contribution < 1.29 is 4.79 Å². The molecule has 0 unspecified atom stereocenters. The zero-order valence-corrected chi connectivity index (χ0v) is 17.4. The van der Waals surface area contributed by atoms with Crippen LogP contribution in [0, 0.1) is 13.8 Å². The molecule has 0 saturated heterocycles. The highest BCUT2D eigenvalue weighted by molar-refractivity contribution is 9.10. The molecule has 0 radical (unpaired) electrons. The third kappa shape index (κ3) is 4.87. The van der Waals surface area contributed by atoms with Gasteiger partial charge in [0.2, 0.25) is 5.91 Å². The highest BCUT2D eigenvalue weighted by Crippen LogP contribution is 2.22. The van der Waals surface area contributed by atoms with Crippen LogP contribution in [0.15, 0.2) is 64.2 Å². The summed E-state index contributed by atoms with van der Waals surface area (Å²) < 4.78 is 3.09. The van der Waals surface area contributed by atoms with Crippen LogP contribution in [0.1, 0.15) is 22.5 Å². The lowest BCUT2D eigenvalue weighted by Gasteiger charge is -2.09. The molecule has 138 valence electrons. The first-order valence-corrected chi connectivity index (χ1v) is 9.62. The number of carbonyl (C=O) groups is 1. The summed E-state index contributed by atoms with van der Waals surface area (Å²) >= 11 is 9.49. The van der Waals surface area contributed by atoms with E-state index in [1.165, 1.54) is 0 Å². The van der Waals surface area contributed by atoms with Gasteiger partial charge in [-0.15, -0.1) is 0 Å². The minimum Gasteiger partial charge on any atom is -0.318 e. The smallest absolute Gasteiger partial charge is 0.244 e. The van der Waals surface area contributed by atoms with Gasteiger partial charge in [0.05, 0.1) is 12.6 Å². The van der Waals surface area contributed by atoms with Crippen LogP contribution in [0.2, 0.25) is 5.02 Å². The Morgan fingerprint density at radius 3 is 2.63 bits per heavy atom. The molecule has 0 spiro atoms. The number of carbonyl (C=O) groups excluding carboxylic acids is 1. The summed E-state index contributed by atoms with van der Waals surface area (Å²) in [6.45, 7) is 4.04. The molecule has 3 aromatic rings. The van der Waals surface area contributed by atoms with Gasteiger partial charge in [0.1, 0.15) is 0 Å². The Balaban J connectivity index is 1.69. The number of hydrogen-bond acceptors (Lipinski definition) is 2. The number of halogens is 2. The number of rotatable bonds is 5. The Labute approximate surface area is 172 Å². The molecule has 6 heteroatoms. The Bertz CT molecular complexity index is 993. The van der Waals surface area contributed by atoms with Crippen LogP contribution in [0.5, 0.6) is 0 Å². The number of amides is 1. The van der Waals surface area contributed by atoms with E-state index in [1.807, 2.05) is 68.4 Å². The maximum absolute atomic E-state index is 12.0. The lowest BCUT2D eigenvalue weighted by molar-refractivity contribution is -0.120. The van der Waals surface area contributed by atoms with E-state index in [1.54, 1.807) is 6.21 Å². The van der Waals surface area contributed by atoms with Crippen molar-refractivity contribution in [1.82, 2.24) is 9.99 Å². The molecule has 4 nitrogen and oxygen atoms in total. The van der Waals surface area contributed by atoms with Crippen LogP contribution >= 0.6 is 27.5 Å². The first-order chi connectivity index (χ1) is 12.9. The second-order valence-electron chi connectivity index (χ2n) is 6.24. The highest BCUT2D eigenvalue weighted by atomic mass is 79.9. The first kappa shape index (κ1) is 19.4. The van der Waals surface area contributed by atoms with Crippen molar-refractivity contribution in [2.24, 2.45) is 5.10 Å². The molecule has 0 bridgehead atoms. The van der Waals surface area contributed by atoms with E-state index in [2.05, 4.69) is 31.0 Å². The van der Waals surface area contributed by atoms with E-state index in [0.717, 1.165) is 32.7 Å². The normalized spacial score (nSPS) is 11.1. The van der Waals surface area contributed by atoms with Crippen LogP contribution < -0.4 is 5.43 Å². The average molecular weight is 445 g/mol. The van der Waals surface area contributed by atoms with Crippen LogP contribution in [-0.2, 0) is 11.2 Å². The van der Waals surface area contributed by atoms with E-state index in [9.17, 15) is 4.79 Å². The standard InChI is InChI=1S/C21H19BrClN3O/c1-14-10-17(15(2)26(14)20-5-3-4-19(23)12-20)13-24-25-21(27)11-16-6-8-18(22)9-7-16/h3-10,12-13H,11H2,1-2H3,(H,25,27)/b24-13+. The zero-order chi connectivity index (χ0) is 19.4. The zero-order valence-electron chi connectivity index (χ0n) is 15.0. The van der Waals surface area contributed by atoms with E-state index in [4.69, 9.17) is 11.6 Å². The highest BCUT2D eigenvalue weighted by Gasteiger charge is 2.10. The number of hydrazone groups is 1. The molecular weight excluding hydrogens is 426 g/mol. The summed E-state index contributed by atoms with van der Waals surface area (Å²) in [5, 5.41) is 4.80. The van der Waals surface area contributed by atoms with Gasteiger partial charge < -0.3 is 4.57 Å². The predicted molar refractivity (Wildman–Crippen MR) is 114 cm³/mol. The van der Waals surface area contributed by atoms with Crippen molar-refractivity contribution in [3.8, 4) is 5.69 Å². The van der Waals surface area contributed by atoms with Crippen LogP contribution in [0.4, 0.5) is 0 Å². The lowest BCUT2D eigenvalue weighted by atomic mass is 10.1. The Morgan fingerprint density at radius 2 is 1.93 bits per heavy atom. The maximum Gasteiger partial charge on any atom is 0.244 e. The Kier molecular flexibility index (Phi) is 6.14. The summed E-state index contributed by atoms with van der Waals surface area (Å²) in [5.74, 6) is -0.155. The van der Waals surface area contributed by atoms with Crippen molar-refractivity contribution in [3.05, 3.63) is 86.6 Å². The number of nitrogens with one attached hydrogen (secondary N) is 1.